The van der Waals surface area contributed by atoms with Crippen LogP contribution in [0.4, 0.5) is 4.39 Å². The summed E-state index contributed by atoms with van der Waals surface area (Å²) in [6, 6.07) is 12.4. The molecule has 9 heteroatoms. The summed E-state index contributed by atoms with van der Waals surface area (Å²) in [7, 11) is -1.82. The van der Waals surface area contributed by atoms with Crippen molar-refractivity contribution in [2.45, 2.75) is 44.7 Å². The summed E-state index contributed by atoms with van der Waals surface area (Å²) in [6.07, 6.45) is 0.704. The molecule has 7 nitrogen and oxygen atoms in total. The van der Waals surface area contributed by atoms with Gasteiger partial charge in [0.05, 0.1) is 12.0 Å². The quantitative estimate of drug-likeness (QED) is 0.362. The molecule has 2 rings (SSSR count). The highest BCUT2D eigenvalue weighted by molar-refractivity contribution is 6.43. The van der Waals surface area contributed by atoms with Gasteiger partial charge in [-0.1, -0.05) is 62.7 Å². The van der Waals surface area contributed by atoms with E-state index in [0.717, 1.165) is 0 Å². The lowest BCUT2D eigenvalue weighted by Crippen LogP contribution is -2.56. The maximum absolute atomic E-state index is 13.4. The molecule has 0 saturated heterocycles. The molecule has 0 fully saturated rings. The molecule has 6 N–H and O–H groups in total. The largest absolute Gasteiger partial charge is 0.480 e. The Morgan fingerprint density at radius 1 is 1.06 bits per heavy atom. The van der Waals surface area contributed by atoms with Crippen molar-refractivity contribution in [3.8, 4) is 0 Å². The Kier molecular flexibility index (Phi) is 9.17. The molecular weight excluding hydrogens is 400 g/mol. The van der Waals surface area contributed by atoms with Crippen molar-refractivity contribution >= 4 is 18.9 Å². The number of carbonyl (C=O) groups is 2. The second-order valence-electron chi connectivity index (χ2n) is 7.62. The number of nitrogens with one attached hydrogen (secondary N) is 2. The van der Waals surface area contributed by atoms with Gasteiger partial charge in [-0.15, -0.1) is 0 Å². The molecule has 0 aliphatic heterocycles. The summed E-state index contributed by atoms with van der Waals surface area (Å²) >= 11 is 0. The minimum atomic E-state index is -1.82. The molecule has 0 aliphatic rings. The molecule has 2 aromatic rings. The van der Waals surface area contributed by atoms with Crippen LogP contribution in [0.15, 0.2) is 54.6 Å². The first-order valence-corrected chi connectivity index (χ1v) is 10.2. The standard InChI is InChI=1S/C22H29BFN3O4/c1-3-14(2)19(22(29)27-20(23(30)31)16-9-5-4-6-10-16)26-21(28)18(25)13-15-8-7-11-17(24)12-15/h4-12,14,18-20,30-31H,3,13,25H2,1-2H3,(H,26,28)(H,27,29)/t14?,18-,19+,20+/m1/s1. The second-order valence-corrected chi connectivity index (χ2v) is 7.62. The van der Waals surface area contributed by atoms with Crippen molar-refractivity contribution in [1.29, 1.82) is 0 Å². The van der Waals surface area contributed by atoms with Crippen LogP contribution in [0, 0.1) is 11.7 Å². The van der Waals surface area contributed by atoms with Gasteiger partial charge in [0.15, 0.2) is 0 Å². The maximum atomic E-state index is 13.4. The Morgan fingerprint density at radius 3 is 2.32 bits per heavy atom. The van der Waals surface area contributed by atoms with Gasteiger partial charge in [-0.05, 0) is 35.6 Å². The fraction of sp³-hybridized carbons (Fsp3) is 0.364. The van der Waals surface area contributed by atoms with Gasteiger partial charge in [-0.3, -0.25) is 9.59 Å². The monoisotopic (exact) mass is 429 g/mol. The van der Waals surface area contributed by atoms with Crippen molar-refractivity contribution in [3.05, 3.63) is 71.5 Å². The average Bonchev–Trinajstić information content (AvgIpc) is 2.75. The summed E-state index contributed by atoms with van der Waals surface area (Å²) in [5.74, 6) is -2.82. The van der Waals surface area contributed by atoms with Gasteiger partial charge in [-0.2, -0.15) is 0 Å². The normalized spacial score (nSPS) is 14.8. The van der Waals surface area contributed by atoms with Gasteiger partial charge in [-0.25, -0.2) is 4.39 Å². The molecule has 1 unspecified atom stereocenters. The predicted octanol–water partition coefficient (Wildman–Crippen LogP) is 1.10. The van der Waals surface area contributed by atoms with E-state index in [2.05, 4.69) is 10.6 Å². The molecule has 31 heavy (non-hydrogen) atoms. The number of rotatable bonds is 10. The number of benzene rings is 2. The highest BCUT2D eigenvalue weighted by Gasteiger charge is 2.33. The van der Waals surface area contributed by atoms with E-state index in [1.807, 2.05) is 6.92 Å². The molecule has 0 saturated carbocycles. The molecule has 166 valence electrons. The fourth-order valence-corrected chi connectivity index (χ4v) is 3.21. The molecule has 2 amide bonds. The van der Waals surface area contributed by atoms with Crippen LogP contribution >= 0.6 is 0 Å². The third-order valence-electron chi connectivity index (χ3n) is 5.23. The first-order valence-electron chi connectivity index (χ1n) is 10.2. The smallest absolute Gasteiger partial charge is 0.426 e. The van der Waals surface area contributed by atoms with Gasteiger partial charge in [0.25, 0.3) is 0 Å². The van der Waals surface area contributed by atoms with Crippen molar-refractivity contribution < 1.29 is 24.0 Å². The number of nitrogens with two attached hydrogens (primary N) is 1. The van der Waals surface area contributed by atoms with Gasteiger partial charge in [0.2, 0.25) is 11.8 Å². The van der Waals surface area contributed by atoms with Crippen LogP contribution in [-0.2, 0) is 16.0 Å². The zero-order valence-corrected chi connectivity index (χ0v) is 17.7. The van der Waals surface area contributed by atoms with Crippen LogP contribution in [0.3, 0.4) is 0 Å². The zero-order chi connectivity index (χ0) is 23.0. The van der Waals surface area contributed by atoms with Crippen LogP contribution in [0.1, 0.15) is 37.3 Å². The Labute approximate surface area is 182 Å². The van der Waals surface area contributed by atoms with E-state index in [-0.39, 0.29) is 12.3 Å². The Morgan fingerprint density at radius 2 is 1.74 bits per heavy atom. The molecule has 0 heterocycles. The van der Waals surface area contributed by atoms with Crippen molar-refractivity contribution in [2.24, 2.45) is 11.7 Å². The second kappa shape index (κ2) is 11.6. The maximum Gasteiger partial charge on any atom is 0.480 e. The summed E-state index contributed by atoms with van der Waals surface area (Å²) < 4.78 is 13.4. The first-order chi connectivity index (χ1) is 14.7. The van der Waals surface area contributed by atoms with E-state index in [1.165, 1.54) is 18.2 Å². The van der Waals surface area contributed by atoms with Crippen LogP contribution in [0.2, 0.25) is 0 Å². The van der Waals surface area contributed by atoms with Crippen molar-refractivity contribution in [3.63, 3.8) is 0 Å². The number of hydrogen-bond acceptors (Lipinski definition) is 5. The molecular formula is C22H29BFN3O4. The van der Waals surface area contributed by atoms with Crippen molar-refractivity contribution in [2.75, 3.05) is 0 Å². The number of carbonyl (C=O) groups excluding carboxylic acids is 2. The lowest BCUT2D eigenvalue weighted by Gasteiger charge is -2.27. The number of hydrogen-bond donors (Lipinski definition) is 5. The third-order valence-corrected chi connectivity index (χ3v) is 5.23. The summed E-state index contributed by atoms with van der Waals surface area (Å²) in [5, 5.41) is 24.8. The van der Waals surface area contributed by atoms with E-state index in [9.17, 15) is 24.0 Å². The van der Waals surface area contributed by atoms with Crippen LogP contribution in [0.5, 0.6) is 0 Å². The minimum Gasteiger partial charge on any atom is -0.426 e. The Balaban J connectivity index is 2.11. The molecule has 0 radical (unpaired) electrons. The SMILES string of the molecule is CCC(C)[C@H](NC(=O)[C@H](N)Cc1cccc(F)c1)C(=O)N[C@H](B(O)O)c1ccccc1. The van der Waals surface area contributed by atoms with Crippen LogP contribution in [0.25, 0.3) is 0 Å². The van der Waals surface area contributed by atoms with E-state index in [1.54, 1.807) is 43.3 Å². The van der Waals surface area contributed by atoms with Crippen LogP contribution < -0.4 is 16.4 Å². The molecule has 4 atom stereocenters. The number of halogens is 1. The zero-order valence-electron chi connectivity index (χ0n) is 17.7. The first kappa shape index (κ1) is 24.5. The third kappa shape index (κ3) is 7.17. The van der Waals surface area contributed by atoms with E-state index >= 15 is 0 Å². The van der Waals surface area contributed by atoms with Gasteiger partial charge in [0.1, 0.15) is 11.9 Å². The summed E-state index contributed by atoms with van der Waals surface area (Å²) in [5.41, 5.74) is 7.07. The molecule has 0 aromatic heterocycles. The van der Waals surface area contributed by atoms with Crippen molar-refractivity contribution in [1.82, 2.24) is 10.6 Å². The molecule has 0 aliphatic carbocycles. The predicted molar refractivity (Wildman–Crippen MR) is 117 cm³/mol. The number of amides is 2. The van der Waals surface area contributed by atoms with E-state index in [4.69, 9.17) is 5.73 Å². The fourth-order valence-electron chi connectivity index (χ4n) is 3.21. The Hall–Kier alpha value is -2.75. The van der Waals surface area contributed by atoms with Gasteiger partial charge in [0, 0.05) is 0 Å². The molecule has 0 bridgehead atoms. The summed E-state index contributed by atoms with van der Waals surface area (Å²) in [6.45, 7) is 3.68. The highest BCUT2D eigenvalue weighted by Crippen LogP contribution is 2.16. The average molecular weight is 429 g/mol. The van der Waals surface area contributed by atoms with Crippen LogP contribution in [-0.4, -0.2) is 41.1 Å². The lowest BCUT2D eigenvalue weighted by atomic mass is 9.75. The molecule has 2 aromatic carbocycles. The minimum absolute atomic E-state index is 0.112. The van der Waals surface area contributed by atoms with Gasteiger partial charge >= 0.3 is 7.12 Å². The van der Waals surface area contributed by atoms with Gasteiger partial charge < -0.3 is 26.4 Å². The van der Waals surface area contributed by atoms with E-state index in [0.29, 0.717) is 17.5 Å². The highest BCUT2D eigenvalue weighted by atomic mass is 19.1. The molecule has 0 spiro atoms. The van der Waals surface area contributed by atoms with E-state index < -0.39 is 42.8 Å². The lowest BCUT2D eigenvalue weighted by molar-refractivity contribution is -0.131. The topological polar surface area (TPSA) is 125 Å². The Bertz CT molecular complexity index is 869. The summed E-state index contributed by atoms with van der Waals surface area (Å²) in [4.78, 5) is 25.6.